The van der Waals surface area contributed by atoms with E-state index in [4.69, 9.17) is 9.47 Å². The lowest BCUT2D eigenvalue weighted by atomic mass is 9.95. The maximum atomic E-state index is 15.1. The van der Waals surface area contributed by atoms with Gasteiger partial charge < -0.3 is 14.6 Å². The van der Waals surface area contributed by atoms with Crippen molar-refractivity contribution in [3.63, 3.8) is 0 Å². The van der Waals surface area contributed by atoms with Crippen LogP contribution in [0.5, 0.6) is 11.5 Å². The van der Waals surface area contributed by atoms with E-state index < -0.39 is 29.3 Å². The summed E-state index contributed by atoms with van der Waals surface area (Å²) in [6.45, 7) is 0.685. The van der Waals surface area contributed by atoms with E-state index in [1.807, 2.05) is 0 Å². The second kappa shape index (κ2) is 10.7. The Balaban J connectivity index is 1.40. The maximum Gasteiger partial charge on any atom is 0.301 e. The zero-order valence-corrected chi connectivity index (χ0v) is 22.2. The molecule has 0 aliphatic carbocycles. The van der Waals surface area contributed by atoms with Crippen molar-refractivity contribution < 1.29 is 33.0 Å². The normalized spacial score (nSPS) is 17.9. The minimum absolute atomic E-state index is 0.00319. The van der Waals surface area contributed by atoms with Crippen LogP contribution in [0.1, 0.15) is 22.7 Å². The van der Waals surface area contributed by atoms with Crippen LogP contribution in [0.2, 0.25) is 0 Å². The number of carbonyl (C=O) groups excluding carboxylic acids is 2. The molecule has 2 aliphatic heterocycles. The summed E-state index contributed by atoms with van der Waals surface area (Å²) in [5.41, 5.74) is 0.358. The number of aliphatic hydroxyl groups excluding tert-OH is 1. The number of fused-ring (bicyclic) bond motifs is 1. The fourth-order valence-corrected chi connectivity index (χ4v) is 6.33. The summed E-state index contributed by atoms with van der Waals surface area (Å²) >= 11 is 2.21. The summed E-state index contributed by atoms with van der Waals surface area (Å²) in [6, 6.07) is 15.3. The number of ether oxygens (including phenoxy) is 2. The summed E-state index contributed by atoms with van der Waals surface area (Å²) in [6.07, 6.45) is 0. The van der Waals surface area contributed by atoms with E-state index in [2.05, 4.69) is 10.2 Å². The molecule has 3 heterocycles. The van der Waals surface area contributed by atoms with Crippen molar-refractivity contribution in [1.29, 1.82) is 0 Å². The molecule has 2 aliphatic rings. The number of hydrogen-bond donors (Lipinski definition) is 1. The number of aromatic nitrogens is 2. The highest BCUT2D eigenvalue weighted by molar-refractivity contribution is 8.00. The molecule has 1 unspecified atom stereocenters. The van der Waals surface area contributed by atoms with Gasteiger partial charge in [0.1, 0.15) is 36.6 Å². The molecule has 12 heteroatoms. The van der Waals surface area contributed by atoms with Gasteiger partial charge in [0.2, 0.25) is 5.13 Å². The van der Waals surface area contributed by atoms with Gasteiger partial charge in [0.05, 0.1) is 5.57 Å². The number of amides is 1. The molecule has 8 nitrogen and oxygen atoms in total. The van der Waals surface area contributed by atoms with Gasteiger partial charge >= 0.3 is 5.91 Å². The highest BCUT2D eigenvalue weighted by Crippen LogP contribution is 2.45. The molecular weight excluding hydrogens is 560 g/mol. The first-order valence-corrected chi connectivity index (χ1v) is 13.9. The molecule has 3 aromatic carbocycles. The average molecular weight is 580 g/mol. The number of nitrogens with zero attached hydrogens (tertiary/aromatic N) is 3. The van der Waals surface area contributed by atoms with Gasteiger partial charge in [-0.1, -0.05) is 59.5 Å². The summed E-state index contributed by atoms with van der Waals surface area (Å²) in [4.78, 5) is 27.8. The monoisotopic (exact) mass is 579 g/mol. The number of ketones is 1. The highest BCUT2D eigenvalue weighted by atomic mass is 32.2. The standard InChI is InChI=1S/C28H19F2N3O5S2/c29-18-7-3-1-5-16(18)14-39-28-32-31-27(40-28)33-23(17-6-2-4-8-19(17)30)22(25(35)26(33)36)24(34)15-9-10-20-21(13-15)38-12-11-37-20/h1-10,13,23,34H,11-12,14H2/b24-22-. The van der Waals surface area contributed by atoms with Gasteiger partial charge in [0.15, 0.2) is 15.8 Å². The molecule has 0 spiro atoms. The van der Waals surface area contributed by atoms with Crippen molar-refractivity contribution in [2.24, 2.45) is 0 Å². The van der Waals surface area contributed by atoms with Crippen LogP contribution >= 0.6 is 23.1 Å². The van der Waals surface area contributed by atoms with Crippen molar-refractivity contribution in [3.8, 4) is 11.5 Å². The maximum absolute atomic E-state index is 15.1. The molecule has 6 rings (SSSR count). The summed E-state index contributed by atoms with van der Waals surface area (Å²) in [7, 11) is 0. The van der Waals surface area contributed by atoms with E-state index in [0.717, 1.165) is 16.2 Å². The Hall–Kier alpha value is -4.29. The van der Waals surface area contributed by atoms with Crippen LogP contribution in [0.25, 0.3) is 5.76 Å². The zero-order valence-electron chi connectivity index (χ0n) is 20.5. The first-order valence-electron chi connectivity index (χ1n) is 12.1. The van der Waals surface area contributed by atoms with Crippen LogP contribution in [-0.2, 0) is 15.3 Å². The number of rotatable bonds is 6. The first-order chi connectivity index (χ1) is 19.4. The topological polar surface area (TPSA) is 102 Å². The van der Waals surface area contributed by atoms with Crippen molar-refractivity contribution in [1.82, 2.24) is 10.2 Å². The number of Topliss-reactive ketones (excluding diaryl/α,β-unsaturated/α-hetero) is 1. The van der Waals surface area contributed by atoms with Crippen LogP contribution in [0.4, 0.5) is 13.9 Å². The predicted molar refractivity (Wildman–Crippen MR) is 144 cm³/mol. The lowest BCUT2D eigenvalue weighted by Gasteiger charge is -2.23. The van der Waals surface area contributed by atoms with Gasteiger partial charge in [-0.25, -0.2) is 8.78 Å². The summed E-state index contributed by atoms with van der Waals surface area (Å²) in [5, 5.41) is 19.5. The van der Waals surface area contributed by atoms with Gasteiger partial charge in [-0.2, -0.15) is 0 Å². The fourth-order valence-electron chi connectivity index (χ4n) is 4.48. The predicted octanol–water partition coefficient (Wildman–Crippen LogP) is 5.51. The molecule has 0 radical (unpaired) electrons. The molecule has 0 saturated carbocycles. The number of halogens is 2. The minimum Gasteiger partial charge on any atom is -0.507 e. The van der Waals surface area contributed by atoms with E-state index >= 15 is 4.39 Å². The molecule has 1 N–H and O–H groups in total. The molecule has 1 fully saturated rings. The lowest BCUT2D eigenvalue weighted by Crippen LogP contribution is -2.29. The largest absolute Gasteiger partial charge is 0.507 e. The van der Waals surface area contributed by atoms with Crippen LogP contribution in [0, 0.1) is 11.6 Å². The first kappa shape index (κ1) is 26.0. The third-order valence-electron chi connectivity index (χ3n) is 6.37. The Morgan fingerprint density at radius 3 is 2.48 bits per heavy atom. The molecule has 40 heavy (non-hydrogen) atoms. The third-order valence-corrected chi connectivity index (χ3v) is 8.48. The number of thioether (sulfide) groups is 1. The van der Waals surface area contributed by atoms with Crippen molar-refractivity contribution in [3.05, 3.63) is 101 Å². The smallest absolute Gasteiger partial charge is 0.301 e. The number of carbonyl (C=O) groups is 2. The minimum atomic E-state index is -1.31. The number of hydrogen-bond acceptors (Lipinski definition) is 9. The van der Waals surface area contributed by atoms with Gasteiger partial charge in [-0.3, -0.25) is 14.5 Å². The van der Waals surface area contributed by atoms with Crippen LogP contribution in [0.3, 0.4) is 0 Å². The average Bonchev–Trinajstić information content (AvgIpc) is 3.54. The fraction of sp³-hybridized carbons (Fsp3) is 0.143. The number of anilines is 1. The van der Waals surface area contributed by atoms with E-state index in [1.165, 1.54) is 48.2 Å². The summed E-state index contributed by atoms with van der Waals surface area (Å²) in [5.74, 6) is -2.41. The van der Waals surface area contributed by atoms with Crippen molar-refractivity contribution >= 4 is 45.7 Å². The Kier molecular flexibility index (Phi) is 6.95. The van der Waals surface area contributed by atoms with Gasteiger partial charge in [-0.05, 0) is 35.9 Å². The Labute approximate surface area is 234 Å². The zero-order chi connectivity index (χ0) is 27.8. The molecule has 4 aromatic rings. The molecule has 1 aromatic heterocycles. The summed E-state index contributed by atoms with van der Waals surface area (Å²) < 4.78 is 40.7. The number of benzene rings is 3. The Morgan fingerprint density at radius 2 is 1.70 bits per heavy atom. The molecular formula is C28H19F2N3O5S2. The molecule has 1 saturated heterocycles. The second-order valence-electron chi connectivity index (χ2n) is 8.78. The molecule has 1 atom stereocenters. The Bertz CT molecular complexity index is 1680. The van der Waals surface area contributed by atoms with E-state index in [-0.39, 0.29) is 33.4 Å². The molecule has 202 valence electrons. The van der Waals surface area contributed by atoms with Gasteiger partial charge in [0.25, 0.3) is 5.78 Å². The third kappa shape index (κ3) is 4.69. The van der Waals surface area contributed by atoms with Crippen LogP contribution < -0.4 is 14.4 Å². The van der Waals surface area contributed by atoms with Crippen LogP contribution in [0.15, 0.2) is 76.6 Å². The van der Waals surface area contributed by atoms with Crippen molar-refractivity contribution in [2.75, 3.05) is 18.1 Å². The molecule has 1 amide bonds. The SMILES string of the molecule is O=C1C(=O)N(c2nnc(SCc3ccccc3F)s2)C(c2ccccc2F)/C1=C(/O)c1ccc2c(c1)OCCO2. The highest BCUT2D eigenvalue weighted by Gasteiger charge is 2.49. The lowest BCUT2D eigenvalue weighted by molar-refractivity contribution is -0.132. The van der Waals surface area contributed by atoms with Crippen molar-refractivity contribution in [2.45, 2.75) is 16.1 Å². The van der Waals surface area contributed by atoms with Gasteiger partial charge in [-0.15, -0.1) is 10.2 Å². The quantitative estimate of drug-likeness (QED) is 0.105. The van der Waals surface area contributed by atoms with E-state index in [0.29, 0.717) is 34.6 Å². The van der Waals surface area contributed by atoms with E-state index in [1.54, 1.807) is 30.3 Å². The van der Waals surface area contributed by atoms with Crippen LogP contribution in [-0.4, -0.2) is 40.2 Å². The van der Waals surface area contributed by atoms with E-state index in [9.17, 15) is 19.1 Å². The number of aliphatic hydroxyl groups is 1. The Morgan fingerprint density at radius 1 is 0.975 bits per heavy atom. The van der Waals surface area contributed by atoms with Gasteiger partial charge in [0, 0.05) is 16.9 Å². The molecule has 0 bridgehead atoms. The second-order valence-corrected chi connectivity index (χ2v) is 11.0.